The van der Waals surface area contributed by atoms with E-state index in [0.29, 0.717) is 58.8 Å². The summed E-state index contributed by atoms with van der Waals surface area (Å²) in [4.78, 5) is 21.3. The molecule has 0 aliphatic heterocycles. The number of amides is 2. The van der Waals surface area contributed by atoms with Crippen molar-refractivity contribution in [2.24, 2.45) is 7.05 Å². The Balaban J connectivity index is 1.50. The van der Waals surface area contributed by atoms with Gasteiger partial charge in [0.05, 0.1) is 30.3 Å². The number of aromatic nitrogens is 4. The van der Waals surface area contributed by atoms with Gasteiger partial charge in [0.25, 0.3) is 0 Å². The third-order valence-electron chi connectivity index (χ3n) is 5.63. The molecule has 0 aliphatic carbocycles. The zero-order valence-corrected chi connectivity index (χ0v) is 22.4. The minimum atomic E-state index is -0.399. The summed E-state index contributed by atoms with van der Waals surface area (Å²) >= 11 is 0. The molecule has 0 fully saturated rings. The summed E-state index contributed by atoms with van der Waals surface area (Å²) < 4.78 is 24.0. The molecule has 0 unspecified atom stereocenters. The second kappa shape index (κ2) is 11.3. The van der Waals surface area contributed by atoms with E-state index in [2.05, 4.69) is 46.5 Å². The maximum absolute atomic E-state index is 12.7. The zero-order chi connectivity index (χ0) is 27.3. The van der Waals surface area contributed by atoms with Crippen LogP contribution >= 0.6 is 0 Å². The van der Waals surface area contributed by atoms with E-state index in [-0.39, 0.29) is 5.41 Å². The van der Waals surface area contributed by atoms with Crippen LogP contribution in [0.1, 0.15) is 26.5 Å². The molecule has 2 aromatic heterocycles. The SMILES string of the molecule is COCCOc1cc2ncnc(Oc3cccc(NC(=O)Nc4cc(C(C)(C)C)nn4C)c3)c2cc1OC. The first-order chi connectivity index (χ1) is 18.2. The topological polar surface area (TPSA) is 122 Å². The van der Waals surface area contributed by atoms with Crippen LogP contribution in [-0.2, 0) is 17.2 Å². The van der Waals surface area contributed by atoms with Crippen LogP contribution in [0.25, 0.3) is 10.9 Å². The normalized spacial score (nSPS) is 11.3. The van der Waals surface area contributed by atoms with E-state index in [4.69, 9.17) is 18.9 Å². The van der Waals surface area contributed by atoms with Crippen LogP contribution in [0.4, 0.5) is 16.3 Å². The lowest BCUT2D eigenvalue weighted by Crippen LogP contribution is -2.21. The number of nitrogens with one attached hydrogen (secondary N) is 2. The summed E-state index contributed by atoms with van der Waals surface area (Å²) in [6.45, 7) is 7.02. The number of fused-ring (bicyclic) bond motifs is 1. The first kappa shape index (κ1) is 26.7. The Bertz CT molecular complexity index is 1430. The number of hydrogen-bond acceptors (Lipinski definition) is 8. The number of aryl methyl sites for hydroxylation is 1. The molecule has 2 amide bonds. The second-order valence-electron chi connectivity index (χ2n) is 9.54. The van der Waals surface area contributed by atoms with Crippen LogP contribution < -0.4 is 24.8 Å². The predicted octanol–water partition coefficient (Wildman–Crippen LogP) is 5.13. The van der Waals surface area contributed by atoms with Crippen molar-refractivity contribution >= 4 is 28.4 Å². The number of hydrogen-bond donors (Lipinski definition) is 2. The fraction of sp³-hybridized carbons (Fsp3) is 0.333. The molecule has 0 saturated heterocycles. The standard InChI is InChI=1S/C27H32N6O5/c1-27(2,3)23-15-24(33(4)32-23)31-26(34)30-17-8-7-9-18(12-17)38-25-19-13-21(36-6)22(37-11-10-35-5)14-20(19)28-16-29-25/h7-9,12-16H,10-11H2,1-6H3,(H2,30,31,34). The molecule has 0 aliphatic rings. The molecule has 0 radical (unpaired) electrons. The van der Waals surface area contributed by atoms with E-state index in [1.807, 2.05) is 6.07 Å². The molecule has 0 spiro atoms. The van der Waals surface area contributed by atoms with E-state index in [1.54, 1.807) is 62.3 Å². The van der Waals surface area contributed by atoms with Crippen molar-refractivity contribution in [3.8, 4) is 23.1 Å². The number of nitrogens with zero attached hydrogens (tertiary/aromatic N) is 4. The van der Waals surface area contributed by atoms with Crippen LogP contribution in [0.5, 0.6) is 23.1 Å². The highest BCUT2D eigenvalue weighted by Gasteiger charge is 2.20. The van der Waals surface area contributed by atoms with Gasteiger partial charge >= 0.3 is 6.03 Å². The summed E-state index contributed by atoms with van der Waals surface area (Å²) in [6, 6.07) is 12.0. The summed E-state index contributed by atoms with van der Waals surface area (Å²) in [5.41, 5.74) is 1.92. The molecule has 0 saturated carbocycles. The number of carbonyl (C=O) groups excluding carboxylic acids is 1. The highest BCUT2D eigenvalue weighted by atomic mass is 16.5. The molecule has 2 heterocycles. The maximum atomic E-state index is 12.7. The molecule has 4 aromatic rings. The van der Waals surface area contributed by atoms with Gasteiger partial charge in [-0.25, -0.2) is 14.8 Å². The molecule has 0 bridgehead atoms. The van der Waals surface area contributed by atoms with Gasteiger partial charge in [-0.2, -0.15) is 5.10 Å². The lowest BCUT2D eigenvalue weighted by molar-refractivity contribution is 0.144. The Morgan fingerprint density at radius 3 is 2.53 bits per heavy atom. The number of methoxy groups -OCH3 is 2. The first-order valence-electron chi connectivity index (χ1n) is 12.0. The Kier molecular flexibility index (Phi) is 7.96. The van der Waals surface area contributed by atoms with Gasteiger partial charge in [0.2, 0.25) is 5.88 Å². The average Bonchev–Trinajstić information content (AvgIpc) is 3.24. The number of benzene rings is 2. The van der Waals surface area contributed by atoms with E-state index in [9.17, 15) is 4.79 Å². The number of ether oxygens (including phenoxy) is 4. The van der Waals surface area contributed by atoms with Gasteiger partial charge < -0.3 is 24.3 Å². The molecule has 4 rings (SSSR count). The minimum absolute atomic E-state index is 0.131. The smallest absolute Gasteiger partial charge is 0.324 e. The summed E-state index contributed by atoms with van der Waals surface area (Å²) in [5, 5.41) is 10.8. The largest absolute Gasteiger partial charge is 0.493 e. The van der Waals surface area contributed by atoms with Gasteiger partial charge in [0.15, 0.2) is 11.5 Å². The summed E-state index contributed by atoms with van der Waals surface area (Å²) in [5.74, 6) is 2.47. The molecule has 2 aromatic carbocycles. The third-order valence-corrected chi connectivity index (χ3v) is 5.63. The lowest BCUT2D eigenvalue weighted by Gasteiger charge is -2.14. The van der Waals surface area contributed by atoms with Crippen LogP contribution in [0, 0.1) is 0 Å². The number of rotatable bonds is 9. The van der Waals surface area contributed by atoms with Crippen molar-refractivity contribution in [1.29, 1.82) is 0 Å². The fourth-order valence-corrected chi connectivity index (χ4v) is 3.61. The van der Waals surface area contributed by atoms with Crippen LogP contribution in [-0.4, -0.2) is 53.2 Å². The molecule has 38 heavy (non-hydrogen) atoms. The lowest BCUT2D eigenvalue weighted by atomic mass is 9.92. The van der Waals surface area contributed by atoms with Gasteiger partial charge in [-0.3, -0.25) is 10.00 Å². The minimum Gasteiger partial charge on any atom is -0.493 e. The highest BCUT2D eigenvalue weighted by Crippen LogP contribution is 2.36. The average molecular weight is 521 g/mol. The number of carbonyl (C=O) groups is 1. The second-order valence-corrected chi connectivity index (χ2v) is 9.54. The van der Waals surface area contributed by atoms with Gasteiger partial charge in [0, 0.05) is 43.5 Å². The van der Waals surface area contributed by atoms with E-state index < -0.39 is 6.03 Å². The van der Waals surface area contributed by atoms with Gasteiger partial charge in [-0.15, -0.1) is 0 Å². The molecular weight excluding hydrogens is 488 g/mol. The van der Waals surface area contributed by atoms with Crippen LogP contribution in [0.3, 0.4) is 0 Å². The van der Waals surface area contributed by atoms with Crippen LogP contribution in [0.15, 0.2) is 48.8 Å². The van der Waals surface area contributed by atoms with E-state index >= 15 is 0 Å². The summed E-state index contributed by atoms with van der Waals surface area (Å²) in [7, 11) is 4.96. The van der Waals surface area contributed by atoms with Crippen LogP contribution in [0.2, 0.25) is 0 Å². The quantitative estimate of drug-likeness (QED) is 0.291. The van der Waals surface area contributed by atoms with E-state index in [0.717, 1.165) is 5.69 Å². The Morgan fingerprint density at radius 2 is 1.82 bits per heavy atom. The van der Waals surface area contributed by atoms with Gasteiger partial charge in [0.1, 0.15) is 24.5 Å². The van der Waals surface area contributed by atoms with Crippen molar-refractivity contribution in [2.75, 3.05) is 38.1 Å². The highest BCUT2D eigenvalue weighted by molar-refractivity contribution is 5.99. The Hall–Kier alpha value is -4.38. The van der Waals surface area contributed by atoms with Crippen molar-refractivity contribution in [2.45, 2.75) is 26.2 Å². The Labute approximate surface area is 221 Å². The monoisotopic (exact) mass is 520 g/mol. The predicted molar refractivity (Wildman–Crippen MR) is 145 cm³/mol. The van der Waals surface area contributed by atoms with E-state index in [1.165, 1.54) is 6.33 Å². The third kappa shape index (κ3) is 6.30. The Morgan fingerprint density at radius 1 is 1.00 bits per heavy atom. The van der Waals surface area contributed by atoms with Crippen molar-refractivity contribution in [3.05, 3.63) is 54.5 Å². The molecular formula is C27H32N6O5. The fourth-order valence-electron chi connectivity index (χ4n) is 3.61. The first-order valence-corrected chi connectivity index (χ1v) is 12.0. The number of anilines is 2. The molecule has 11 nitrogen and oxygen atoms in total. The molecule has 200 valence electrons. The van der Waals surface area contributed by atoms with Crippen molar-refractivity contribution < 1.29 is 23.7 Å². The zero-order valence-electron chi connectivity index (χ0n) is 22.4. The molecule has 11 heteroatoms. The maximum Gasteiger partial charge on any atom is 0.324 e. The van der Waals surface area contributed by atoms with Gasteiger partial charge in [-0.1, -0.05) is 26.8 Å². The molecule has 0 atom stereocenters. The summed E-state index contributed by atoms with van der Waals surface area (Å²) in [6.07, 6.45) is 1.42. The van der Waals surface area contributed by atoms with Gasteiger partial charge in [-0.05, 0) is 18.2 Å². The van der Waals surface area contributed by atoms with Crippen molar-refractivity contribution in [3.63, 3.8) is 0 Å². The van der Waals surface area contributed by atoms with Crippen molar-refractivity contribution in [1.82, 2.24) is 19.7 Å². The number of urea groups is 1. The molecule has 2 N–H and O–H groups in total.